The van der Waals surface area contributed by atoms with Crippen LogP contribution in [0.5, 0.6) is 0 Å². The Morgan fingerprint density at radius 1 is 1.62 bits per heavy atom. The van der Waals surface area contributed by atoms with Gasteiger partial charge in [-0.25, -0.2) is 13.1 Å². The monoisotopic (exact) mass is 251 g/mol. The summed E-state index contributed by atoms with van der Waals surface area (Å²) >= 11 is 0. The largest absolute Gasteiger partial charge is 0.481 e. The van der Waals surface area contributed by atoms with Crippen molar-refractivity contribution in [1.82, 2.24) is 4.72 Å². The minimum atomic E-state index is -3.52. The molecule has 0 aromatic carbocycles. The first-order valence-corrected chi connectivity index (χ1v) is 6.89. The maximum atomic E-state index is 11.5. The number of nitrogens with one attached hydrogen (secondary N) is 1. The molecule has 1 fully saturated rings. The van der Waals surface area contributed by atoms with E-state index in [1.807, 2.05) is 0 Å². The van der Waals surface area contributed by atoms with Crippen LogP contribution in [-0.4, -0.2) is 44.0 Å². The quantitative estimate of drug-likeness (QED) is 0.690. The summed E-state index contributed by atoms with van der Waals surface area (Å²) in [6, 6.07) is -0.304. The van der Waals surface area contributed by atoms with Gasteiger partial charge in [0.1, 0.15) is 0 Å². The second kappa shape index (κ2) is 5.60. The highest BCUT2D eigenvalue weighted by molar-refractivity contribution is 7.89. The molecule has 2 unspecified atom stereocenters. The van der Waals surface area contributed by atoms with Crippen molar-refractivity contribution >= 4 is 16.0 Å². The molecule has 0 aromatic heterocycles. The number of aliphatic carboxylic acids is 1. The van der Waals surface area contributed by atoms with Crippen molar-refractivity contribution in [3.05, 3.63) is 0 Å². The SMILES string of the molecule is CC(NS(=O)(=O)CCC(=O)O)C1CCCO1. The number of ether oxygens (including phenoxy) is 1. The summed E-state index contributed by atoms with van der Waals surface area (Å²) in [7, 11) is -3.52. The number of hydrogen-bond donors (Lipinski definition) is 2. The molecule has 2 N–H and O–H groups in total. The molecular weight excluding hydrogens is 234 g/mol. The van der Waals surface area contributed by atoms with Gasteiger partial charge < -0.3 is 9.84 Å². The summed E-state index contributed by atoms with van der Waals surface area (Å²) < 4.78 is 30.7. The second-order valence-electron chi connectivity index (χ2n) is 3.92. The highest BCUT2D eigenvalue weighted by atomic mass is 32.2. The van der Waals surface area contributed by atoms with Gasteiger partial charge in [-0.2, -0.15) is 0 Å². The van der Waals surface area contributed by atoms with Crippen LogP contribution in [0.2, 0.25) is 0 Å². The number of hydrogen-bond acceptors (Lipinski definition) is 4. The number of sulfonamides is 1. The molecule has 94 valence electrons. The maximum absolute atomic E-state index is 11.5. The van der Waals surface area contributed by atoms with E-state index in [1.165, 1.54) is 0 Å². The molecule has 0 bridgehead atoms. The highest BCUT2D eigenvalue weighted by Gasteiger charge is 2.26. The van der Waals surface area contributed by atoms with Crippen LogP contribution in [0.4, 0.5) is 0 Å². The topological polar surface area (TPSA) is 92.7 Å². The van der Waals surface area contributed by atoms with Gasteiger partial charge in [-0.15, -0.1) is 0 Å². The van der Waals surface area contributed by atoms with Crippen molar-refractivity contribution in [2.24, 2.45) is 0 Å². The first kappa shape index (κ1) is 13.4. The third-order valence-corrected chi connectivity index (χ3v) is 3.95. The van der Waals surface area contributed by atoms with Crippen molar-refractivity contribution in [3.63, 3.8) is 0 Å². The van der Waals surface area contributed by atoms with Crippen LogP contribution in [0.1, 0.15) is 26.2 Å². The standard InChI is InChI=1S/C9H17NO5S/c1-7(8-3-2-5-15-8)10-16(13,14)6-4-9(11)12/h7-8,10H,2-6H2,1H3,(H,11,12). The van der Waals surface area contributed by atoms with Crippen molar-refractivity contribution in [1.29, 1.82) is 0 Å². The van der Waals surface area contributed by atoms with E-state index in [1.54, 1.807) is 6.92 Å². The van der Waals surface area contributed by atoms with E-state index >= 15 is 0 Å². The molecule has 1 aliphatic rings. The van der Waals surface area contributed by atoms with Gasteiger partial charge in [0.15, 0.2) is 0 Å². The second-order valence-corrected chi connectivity index (χ2v) is 5.79. The Kier molecular flexibility index (Phi) is 4.69. The average Bonchev–Trinajstić information content (AvgIpc) is 2.67. The van der Waals surface area contributed by atoms with Gasteiger partial charge in [-0.3, -0.25) is 4.79 Å². The molecular formula is C9H17NO5S. The predicted molar refractivity (Wildman–Crippen MR) is 57.6 cm³/mol. The Balaban J connectivity index is 2.41. The smallest absolute Gasteiger partial charge is 0.304 e. The molecule has 0 aliphatic carbocycles. The number of carbonyl (C=O) groups is 1. The van der Waals surface area contributed by atoms with Crippen LogP contribution in [0.3, 0.4) is 0 Å². The van der Waals surface area contributed by atoms with Gasteiger partial charge >= 0.3 is 5.97 Å². The van der Waals surface area contributed by atoms with Crippen LogP contribution in [-0.2, 0) is 19.6 Å². The third-order valence-electron chi connectivity index (χ3n) is 2.47. The molecule has 0 saturated carbocycles. The van der Waals surface area contributed by atoms with E-state index in [9.17, 15) is 13.2 Å². The molecule has 1 aliphatic heterocycles. The van der Waals surface area contributed by atoms with E-state index < -0.39 is 16.0 Å². The van der Waals surface area contributed by atoms with E-state index in [0.717, 1.165) is 12.8 Å². The zero-order chi connectivity index (χ0) is 12.2. The molecule has 1 rings (SSSR count). The summed E-state index contributed by atoms with van der Waals surface area (Å²) in [5, 5.41) is 8.41. The molecule has 0 amide bonds. The molecule has 0 spiro atoms. The third kappa shape index (κ3) is 4.46. The lowest BCUT2D eigenvalue weighted by Crippen LogP contribution is -2.42. The van der Waals surface area contributed by atoms with Crippen LogP contribution in [0.25, 0.3) is 0 Å². The van der Waals surface area contributed by atoms with Crippen molar-refractivity contribution in [3.8, 4) is 0 Å². The van der Waals surface area contributed by atoms with Gasteiger partial charge in [-0.1, -0.05) is 0 Å². The van der Waals surface area contributed by atoms with Gasteiger partial charge in [0, 0.05) is 12.6 Å². The first-order valence-electron chi connectivity index (χ1n) is 5.24. The van der Waals surface area contributed by atoms with E-state index in [4.69, 9.17) is 9.84 Å². The summed E-state index contributed by atoms with van der Waals surface area (Å²) in [6.07, 6.45) is 1.29. The molecule has 16 heavy (non-hydrogen) atoms. The number of carboxylic acids is 1. The van der Waals surface area contributed by atoms with Gasteiger partial charge in [0.2, 0.25) is 10.0 Å². The molecule has 7 heteroatoms. The number of carboxylic acid groups (broad SMARTS) is 1. The van der Waals surface area contributed by atoms with Gasteiger partial charge in [-0.05, 0) is 19.8 Å². The lowest BCUT2D eigenvalue weighted by molar-refractivity contribution is -0.136. The molecule has 0 radical (unpaired) electrons. The first-order chi connectivity index (χ1) is 7.41. The van der Waals surface area contributed by atoms with Crippen LogP contribution < -0.4 is 4.72 Å². The van der Waals surface area contributed by atoms with E-state index in [2.05, 4.69) is 4.72 Å². The lowest BCUT2D eigenvalue weighted by atomic mass is 10.1. The van der Waals surface area contributed by atoms with Crippen molar-refractivity contribution in [2.75, 3.05) is 12.4 Å². The van der Waals surface area contributed by atoms with Crippen molar-refractivity contribution < 1.29 is 23.1 Å². The highest BCUT2D eigenvalue weighted by Crippen LogP contribution is 2.15. The zero-order valence-corrected chi connectivity index (χ0v) is 10.00. The van der Waals surface area contributed by atoms with Gasteiger partial charge in [0.05, 0.1) is 18.3 Å². The summed E-state index contributed by atoms with van der Waals surface area (Å²) in [5.74, 6) is -1.51. The maximum Gasteiger partial charge on any atom is 0.304 e. The van der Waals surface area contributed by atoms with Crippen LogP contribution in [0, 0.1) is 0 Å². The van der Waals surface area contributed by atoms with Crippen molar-refractivity contribution in [2.45, 2.75) is 38.3 Å². The number of rotatable bonds is 6. The Morgan fingerprint density at radius 2 is 2.31 bits per heavy atom. The normalized spacial score (nSPS) is 23.2. The Hall–Kier alpha value is -0.660. The van der Waals surface area contributed by atoms with Gasteiger partial charge in [0.25, 0.3) is 0 Å². The minimum absolute atomic E-state index is 0.0976. The molecule has 1 saturated heterocycles. The Labute approximate surface area is 95.0 Å². The fourth-order valence-electron chi connectivity index (χ4n) is 1.64. The molecule has 6 nitrogen and oxygen atoms in total. The fourth-order valence-corrected chi connectivity index (χ4v) is 2.92. The van der Waals surface area contributed by atoms with E-state index in [-0.39, 0.29) is 24.3 Å². The zero-order valence-electron chi connectivity index (χ0n) is 9.18. The minimum Gasteiger partial charge on any atom is -0.481 e. The molecule has 1 heterocycles. The average molecular weight is 251 g/mol. The Morgan fingerprint density at radius 3 is 2.81 bits per heavy atom. The fraction of sp³-hybridized carbons (Fsp3) is 0.889. The molecule has 2 atom stereocenters. The van der Waals surface area contributed by atoms with Crippen LogP contribution in [0.15, 0.2) is 0 Å². The van der Waals surface area contributed by atoms with E-state index in [0.29, 0.717) is 6.61 Å². The lowest BCUT2D eigenvalue weighted by Gasteiger charge is -2.19. The molecule has 0 aromatic rings. The predicted octanol–water partition coefficient (Wildman–Crippen LogP) is -0.0520. The Bertz CT molecular complexity index is 334. The summed E-state index contributed by atoms with van der Waals surface area (Å²) in [5.41, 5.74) is 0. The summed E-state index contributed by atoms with van der Waals surface area (Å²) in [6.45, 7) is 2.39. The summed E-state index contributed by atoms with van der Waals surface area (Å²) in [4.78, 5) is 10.3. The van der Waals surface area contributed by atoms with Crippen LogP contribution >= 0.6 is 0 Å².